The summed E-state index contributed by atoms with van der Waals surface area (Å²) in [5.41, 5.74) is 2.20. The number of hydrogen-bond donors (Lipinski definition) is 1. The maximum atomic E-state index is 13.2. The Morgan fingerprint density at radius 1 is 1.10 bits per heavy atom. The molecule has 8 heteroatoms. The van der Waals surface area contributed by atoms with Crippen LogP contribution in [-0.4, -0.2) is 40.8 Å². The largest absolute Gasteiger partial charge is 0.497 e. The zero-order chi connectivity index (χ0) is 22.5. The van der Waals surface area contributed by atoms with Crippen molar-refractivity contribution in [3.8, 4) is 11.5 Å². The van der Waals surface area contributed by atoms with Crippen molar-refractivity contribution in [1.82, 2.24) is 5.32 Å². The smallest absolute Gasteiger partial charge is 0.244 e. The van der Waals surface area contributed by atoms with Crippen LogP contribution in [0, 0.1) is 6.92 Å². The molecule has 2 atom stereocenters. The monoisotopic (exact) mass is 434 g/mol. The van der Waals surface area contributed by atoms with E-state index in [-0.39, 0.29) is 5.91 Å². The Hall–Kier alpha value is -2.74. The van der Waals surface area contributed by atoms with Gasteiger partial charge in [-0.25, -0.2) is 8.42 Å². The Balaban J connectivity index is 2.35. The Bertz CT molecular complexity index is 974. The molecule has 0 aliphatic heterocycles. The molecule has 1 N–H and O–H groups in total. The molecule has 0 fully saturated rings. The molecule has 30 heavy (non-hydrogen) atoms. The summed E-state index contributed by atoms with van der Waals surface area (Å²) in [7, 11) is -0.567. The minimum Gasteiger partial charge on any atom is -0.497 e. The minimum absolute atomic E-state index is 0.314. The third-order valence-electron chi connectivity index (χ3n) is 4.88. The minimum atomic E-state index is -3.68. The number of aryl methyl sites for hydroxylation is 1. The number of hydrogen-bond acceptors (Lipinski definition) is 5. The molecule has 0 spiro atoms. The third kappa shape index (κ3) is 5.44. The molecule has 0 heterocycles. The van der Waals surface area contributed by atoms with Crippen molar-refractivity contribution in [1.29, 1.82) is 0 Å². The van der Waals surface area contributed by atoms with E-state index < -0.39 is 22.1 Å². The molecule has 164 valence electrons. The van der Waals surface area contributed by atoms with Gasteiger partial charge in [0.05, 0.1) is 32.2 Å². The van der Waals surface area contributed by atoms with Gasteiger partial charge in [0.15, 0.2) is 0 Å². The Morgan fingerprint density at radius 3 is 2.23 bits per heavy atom. The van der Waals surface area contributed by atoms with Crippen molar-refractivity contribution < 1.29 is 22.7 Å². The first kappa shape index (κ1) is 23.5. The summed E-state index contributed by atoms with van der Waals surface area (Å²) >= 11 is 0. The van der Waals surface area contributed by atoms with Gasteiger partial charge in [-0.2, -0.15) is 0 Å². The molecule has 0 unspecified atom stereocenters. The van der Waals surface area contributed by atoms with Crippen LogP contribution >= 0.6 is 0 Å². The van der Waals surface area contributed by atoms with Crippen molar-refractivity contribution in [2.45, 2.75) is 39.3 Å². The third-order valence-corrected chi connectivity index (χ3v) is 6.06. The lowest BCUT2D eigenvalue weighted by Crippen LogP contribution is -2.49. The van der Waals surface area contributed by atoms with E-state index in [0.717, 1.165) is 17.4 Å². The Labute approximate surface area is 179 Å². The van der Waals surface area contributed by atoms with Crippen LogP contribution in [0.15, 0.2) is 42.5 Å². The fourth-order valence-corrected chi connectivity index (χ4v) is 4.53. The highest BCUT2D eigenvalue weighted by atomic mass is 32.2. The van der Waals surface area contributed by atoms with Crippen molar-refractivity contribution in [2.24, 2.45) is 0 Å². The predicted octanol–water partition coefficient (Wildman–Crippen LogP) is 3.43. The number of carbonyl (C=O) groups is 1. The van der Waals surface area contributed by atoms with Gasteiger partial charge in [0.25, 0.3) is 0 Å². The van der Waals surface area contributed by atoms with Crippen LogP contribution in [0.3, 0.4) is 0 Å². The highest BCUT2D eigenvalue weighted by Crippen LogP contribution is 2.30. The molecule has 2 rings (SSSR count). The molecule has 7 nitrogen and oxygen atoms in total. The van der Waals surface area contributed by atoms with Crippen LogP contribution < -0.4 is 19.1 Å². The highest BCUT2D eigenvalue weighted by Gasteiger charge is 2.32. The number of amides is 1. The number of carbonyl (C=O) groups excluding carboxylic acids is 1. The van der Waals surface area contributed by atoms with E-state index in [1.807, 2.05) is 26.0 Å². The van der Waals surface area contributed by atoms with E-state index in [9.17, 15) is 13.2 Å². The quantitative estimate of drug-likeness (QED) is 0.654. The van der Waals surface area contributed by atoms with Gasteiger partial charge >= 0.3 is 0 Å². The van der Waals surface area contributed by atoms with E-state index in [1.165, 1.54) is 4.31 Å². The molecule has 0 aliphatic carbocycles. The fraction of sp³-hybridized carbons (Fsp3) is 0.409. The maximum absolute atomic E-state index is 13.2. The highest BCUT2D eigenvalue weighted by molar-refractivity contribution is 7.92. The van der Waals surface area contributed by atoms with E-state index in [1.54, 1.807) is 51.5 Å². The summed E-state index contributed by atoms with van der Waals surface area (Å²) < 4.78 is 37.0. The second-order valence-corrected chi connectivity index (χ2v) is 9.02. The average molecular weight is 435 g/mol. The van der Waals surface area contributed by atoms with Gasteiger partial charge in [-0.1, -0.05) is 24.6 Å². The summed E-state index contributed by atoms with van der Waals surface area (Å²) in [6.07, 6.45) is 1.42. The second-order valence-electron chi connectivity index (χ2n) is 7.16. The topological polar surface area (TPSA) is 84.9 Å². The predicted molar refractivity (Wildman–Crippen MR) is 119 cm³/mol. The first-order valence-corrected chi connectivity index (χ1v) is 11.6. The average Bonchev–Trinajstić information content (AvgIpc) is 2.71. The molecule has 0 aliphatic rings. The number of methoxy groups -OCH3 is 2. The van der Waals surface area contributed by atoms with Crippen LogP contribution in [0.4, 0.5) is 5.69 Å². The summed E-state index contributed by atoms with van der Waals surface area (Å²) in [4.78, 5) is 13.2. The first-order chi connectivity index (χ1) is 14.1. The van der Waals surface area contributed by atoms with Gasteiger partial charge < -0.3 is 14.8 Å². The molecular weight excluding hydrogens is 404 g/mol. The van der Waals surface area contributed by atoms with Gasteiger partial charge in [-0.3, -0.25) is 9.10 Å². The molecule has 0 saturated heterocycles. The molecule has 0 saturated carbocycles. The molecule has 0 aromatic heterocycles. The van der Waals surface area contributed by atoms with Crippen molar-refractivity contribution in [3.05, 3.63) is 53.6 Å². The molecular formula is C22H30N2O5S. The van der Waals surface area contributed by atoms with Crippen LogP contribution in [0.1, 0.15) is 37.4 Å². The normalized spacial score (nSPS) is 13.3. The maximum Gasteiger partial charge on any atom is 0.244 e. The number of sulfonamides is 1. The standard InChI is InChI=1S/C22H30N2O5S/c1-7-20(24(30(6,26)27)17-10-8-15(2)9-11-17)22(25)23-16(3)19-14-18(28-4)12-13-21(19)29-5/h8-14,16,20H,7H2,1-6H3,(H,23,25)/t16-,20-/m0/s1. The van der Waals surface area contributed by atoms with Gasteiger partial charge in [0, 0.05) is 5.56 Å². The summed E-state index contributed by atoms with van der Waals surface area (Å²) in [6.45, 7) is 5.52. The SMILES string of the molecule is CC[C@@H](C(=O)N[C@@H](C)c1cc(OC)ccc1OC)N(c1ccc(C)cc1)S(C)(=O)=O. The number of anilines is 1. The number of nitrogens with zero attached hydrogens (tertiary/aromatic N) is 1. The number of nitrogens with one attached hydrogen (secondary N) is 1. The lowest BCUT2D eigenvalue weighted by molar-refractivity contribution is -0.122. The molecule has 2 aromatic carbocycles. The van der Waals surface area contributed by atoms with E-state index >= 15 is 0 Å². The van der Waals surface area contributed by atoms with E-state index in [0.29, 0.717) is 23.6 Å². The zero-order valence-electron chi connectivity index (χ0n) is 18.3. The summed E-state index contributed by atoms with van der Waals surface area (Å²) in [5.74, 6) is 0.854. The molecule has 2 aromatic rings. The number of benzene rings is 2. The summed E-state index contributed by atoms with van der Waals surface area (Å²) in [6, 6.07) is 11.1. The van der Waals surface area contributed by atoms with Gasteiger partial charge in [0.1, 0.15) is 17.5 Å². The molecule has 0 radical (unpaired) electrons. The van der Waals surface area contributed by atoms with Crippen LogP contribution in [0.5, 0.6) is 11.5 Å². The number of ether oxygens (including phenoxy) is 2. The van der Waals surface area contributed by atoms with Crippen LogP contribution in [0.2, 0.25) is 0 Å². The first-order valence-electron chi connectivity index (χ1n) is 9.70. The van der Waals surface area contributed by atoms with E-state index in [2.05, 4.69) is 5.32 Å². The molecule has 1 amide bonds. The van der Waals surface area contributed by atoms with Crippen molar-refractivity contribution in [3.63, 3.8) is 0 Å². The van der Waals surface area contributed by atoms with Crippen LogP contribution in [0.25, 0.3) is 0 Å². The van der Waals surface area contributed by atoms with Crippen molar-refractivity contribution in [2.75, 3.05) is 24.8 Å². The lowest BCUT2D eigenvalue weighted by atomic mass is 10.1. The van der Waals surface area contributed by atoms with Gasteiger partial charge in [0.2, 0.25) is 15.9 Å². The Morgan fingerprint density at radius 2 is 1.73 bits per heavy atom. The van der Waals surface area contributed by atoms with Crippen molar-refractivity contribution >= 4 is 21.6 Å². The zero-order valence-corrected chi connectivity index (χ0v) is 19.1. The van der Waals surface area contributed by atoms with Gasteiger partial charge in [-0.05, 0) is 50.6 Å². The Kier molecular flexibility index (Phi) is 7.72. The van der Waals surface area contributed by atoms with Crippen LogP contribution in [-0.2, 0) is 14.8 Å². The fourth-order valence-electron chi connectivity index (χ4n) is 3.32. The van der Waals surface area contributed by atoms with E-state index in [4.69, 9.17) is 9.47 Å². The second kappa shape index (κ2) is 9.84. The molecule has 0 bridgehead atoms. The lowest BCUT2D eigenvalue weighted by Gasteiger charge is -2.31. The summed E-state index contributed by atoms with van der Waals surface area (Å²) in [5, 5.41) is 2.93. The van der Waals surface area contributed by atoms with Gasteiger partial charge in [-0.15, -0.1) is 0 Å². The number of rotatable bonds is 9.